The van der Waals surface area contributed by atoms with Gasteiger partial charge in [0.25, 0.3) is 0 Å². The summed E-state index contributed by atoms with van der Waals surface area (Å²) in [6.45, 7) is 15.9. The van der Waals surface area contributed by atoms with Crippen LogP contribution in [0.1, 0.15) is 50.4 Å². The third-order valence-electron chi connectivity index (χ3n) is 8.96. The summed E-state index contributed by atoms with van der Waals surface area (Å²) in [6, 6.07) is 53.3. The molecular formula is C46H46I2P2RuS2. The fourth-order valence-electron chi connectivity index (χ4n) is 6.55. The van der Waals surface area contributed by atoms with Gasteiger partial charge >= 0.3 is 49.6 Å². The number of thiophene rings is 2. The third kappa shape index (κ3) is 10.9. The normalized spacial score (nSPS) is 11.0. The number of aryl methyl sites for hydroxylation is 5. The van der Waals surface area contributed by atoms with Crippen molar-refractivity contribution in [2.75, 3.05) is 0 Å². The topological polar surface area (TPSA) is 0 Å². The summed E-state index contributed by atoms with van der Waals surface area (Å²) in [5.74, 6) is 0.653. The molecule has 0 spiro atoms. The number of hydrogen-bond donors (Lipinski definition) is 0. The van der Waals surface area contributed by atoms with E-state index >= 15 is 0 Å². The second-order valence-electron chi connectivity index (χ2n) is 13.0. The number of benzene rings is 5. The van der Waals surface area contributed by atoms with Gasteiger partial charge in [0.05, 0.1) is 0 Å². The molecule has 2 heterocycles. The zero-order valence-electron chi connectivity index (χ0n) is 31.3. The molecule has 53 heavy (non-hydrogen) atoms. The maximum absolute atomic E-state index is 2.37. The van der Waals surface area contributed by atoms with Crippen molar-refractivity contribution < 1.29 is 10.1 Å². The van der Waals surface area contributed by atoms with Gasteiger partial charge in [-0.1, -0.05) is 165 Å². The summed E-state index contributed by atoms with van der Waals surface area (Å²) in [5, 5.41) is 8.67. The van der Waals surface area contributed by atoms with E-state index in [0.717, 1.165) is 0 Å². The standard InChI is InChI=1S/C36H32P2S2.C10H14.2HI.Ru/c1-25-33(35(27(3)39-25)37(29-17-9-5-10-18-29)30-19-11-6-12-20-30)34-26(2)40-28(4)36(34)38(31-21-13-7-14-22-31)32-23-15-8-16-24-32;1-8(2)10-6-4-9(3)5-7-10;;;/h5-24H,1-4H3;4-8H,1-3H3;2*1H;/q;;;;+2/p-2. The summed E-state index contributed by atoms with van der Waals surface area (Å²) in [7, 11) is -0.773. The molecule has 0 aliphatic heterocycles. The van der Waals surface area contributed by atoms with E-state index in [1.807, 2.05) is 22.7 Å². The second kappa shape index (κ2) is 21.1. The molecule has 5 aromatic carbocycles. The summed E-state index contributed by atoms with van der Waals surface area (Å²) < 4.78 is 0. The Labute approximate surface area is 357 Å². The Bertz CT molecular complexity index is 1940. The average molecular weight is 1080 g/mol. The summed E-state index contributed by atoms with van der Waals surface area (Å²) in [4.78, 5) is 5.71. The van der Waals surface area contributed by atoms with Gasteiger partial charge in [0.2, 0.25) is 0 Å². The Kier molecular flexibility index (Phi) is 17.0. The fourth-order valence-corrected chi connectivity index (χ4v) is 14.6. The van der Waals surface area contributed by atoms with E-state index in [2.05, 4.69) is 234 Å². The molecule has 7 aromatic rings. The van der Waals surface area contributed by atoms with E-state index in [-0.39, 0.29) is 0 Å². The predicted octanol–water partition coefficient (Wildman–Crippen LogP) is 13.1. The van der Waals surface area contributed by atoms with E-state index in [0.29, 0.717) is 16.0 Å². The van der Waals surface area contributed by atoms with Crippen LogP contribution in [0.15, 0.2) is 146 Å². The van der Waals surface area contributed by atoms with Gasteiger partial charge in [-0.3, -0.25) is 0 Å². The Morgan fingerprint density at radius 2 is 0.717 bits per heavy atom. The van der Waals surface area contributed by atoms with Gasteiger partial charge in [0.1, 0.15) is 0 Å². The van der Waals surface area contributed by atoms with Crippen molar-refractivity contribution in [3.05, 3.63) is 176 Å². The first-order chi connectivity index (χ1) is 25.7. The van der Waals surface area contributed by atoms with Crippen molar-refractivity contribution in [1.29, 1.82) is 0 Å². The van der Waals surface area contributed by atoms with Crippen LogP contribution in [0.5, 0.6) is 0 Å². The van der Waals surface area contributed by atoms with Crippen LogP contribution in [-0.4, -0.2) is 0 Å². The molecule has 0 nitrogen and oxygen atoms in total. The first kappa shape index (κ1) is 42.6. The van der Waals surface area contributed by atoms with Crippen molar-refractivity contribution in [2.24, 2.45) is 0 Å². The zero-order chi connectivity index (χ0) is 37.9. The molecular weight excluding hydrogens is 1030 g/mol. The minimum atomic E-state index is -0.711. The fraction of sp³-hybridized carbons (Fsp3) is 0.174. The number of hydrogen-bond acceptors (Lipinski definition) is 2. The molecule has 0 unspecified atom stereocenters. The van der Waals surface area contributed by atoms with E-state index in [1.165, 1.54) is 73.6 Å². The van der Waals surface area contributed by atoms with Crippen molar-refractivity contribution in [2.45, 2.75) is 54.4 Å². The van der Waals surface area contributed by atoms with E-state index in [9.17, 15) is 0 Å². The molecule has 0 N–H and O–H groups in total. The van der Waals surface area contributed by atoms with Crippen molar-refractivity contribution in [1.82, 2.24) is 0 Å². The average Bonchev–Trinajstić information content (AvgIpc) is 3.62. The maximum atomic E-state index is 2.37. The molecule has 7 heteroatoms. The molecule has 7 rings (SSSR count). The van der Waals surface area contributed by atoms with Crippen LogP contribution in [0.25, 0.3) is 11.1 Å². The molecule has 0 saturated carbocycles. The monoisotopic (exact) mass is 1080 g/mol. The van der Waals surface area contributed by atoms with Gasteiger partial charge < -0.3 is 0 Å². The molecule has 2 aromatic heterocycles. The number of rotatable bonds is 8. The third-order valence-corrected chi connectivity index (χ3v) is 16.6. The summed E-state index contributed by atoms with van der Waals surface area (Å²) in [6.07, 6.45) is 0. The van der Waals surface area contributed by atoms with Crippen LogP contribution in [0, 0.1) is 34.6 Å². The first-order valence-corrected chi connectivity index (χ1v) is 32.2. The van der Waals surface area contributed by atoms with Crippen LogP contribution in [0.2, 0.25) is 0 Å². The van der Waals surface area contributed by atoms with Gasteiger partial charge in [-0.2, -0.15) is 0 Å². The molecule has 0 radical (unpaired) electrons. The first-order valence-electron chi connectivity index (χ1n) is 17.6. The molecule has 0 atom stereocenters. The molecule has 0 amide bonds. The van der Waals surface area contributed by atoms with Gasteiger partial charge in [-0.15, -0.1) is 22.7 Å². The molecule has 0 aliphatic carbocycles. The molecule has 0 fully saturated rings. The second-order valence-corrected chi connectivity index (χ2v) is 33.6. The van der Waals surface area contributed by atoms with Crippen molar-refractivity contribution in [3.63, 3.8) is 0 Å². The molecule has 0 bridgehead atoms. The van der Waals surface area contributed by atoms with Crippen LogP contribution in [0.3, 0.4) is 0 Å². The van der Waals surface area contributed by atoms with Gasteiger partial charge in [0, 0.05) is 41.2 Å². The van der Waals surface area contributed by atoms with Crippen LogP contribution in [-0.2, 0) is 10.1 Å². The SMILES string of the molecule is Cc1ccc(C(C)C)cc1.Cc1sc(C)c(P(c2ccccc2)c2ccccc2)c1-c1c(C)sc(C)c1P(c1ccccc1)c1ccccc1.[I][Ru][I]. The van der Waals surface area contributed by atoms with Crippen LogP contribution in [0.4, 0.5) is 0 Å². The molecule has 0 aliphatic rings. The molecule has 0 saturated heterocycles. The van der Waals surface area contributed by atoms with Crippen LogP contribution < -0.4 is 31.8 Å². The van der Waals surface area contributed by atoms with Crippen molar-refractivity contribution in [3.8, 4) is 11.1 Å². The Morgan fingerprint density at radius 3 is 0.981 bits per heavy atom. The van der Waals surface area contributed by atoms with E-state index < -0.39 is 15.8 Å². The van der Waals surface area contributed by atoms with E-state index in [4.69, 9.17) is 0 Å². The van der Waals surface area contributed by atoms with Gasteiger partial charge in [-0.25, -0.2) is 0 Å². The zero-order valence-corrected chi connectivity index (χ0v) is 40.7. The Balaban J connectivity index is 0.000000355. The minimum absolute atomic E-state index is 0.650. The Morgan fingerprint density at radius 1 is 0.434 bits per heavy atom. The van der Waals surface area contributed by atoms with Gasteiger partial charge in [0.15, 0.2) is 0 Å². The Hall–Kier alpha value is -1.56. The molecule has 274 valence electrons. The van der Waals surface area contributed by atoms with Crippen LogP contribution >= 0.6 is 78.0 Å². The summed E-state index contributed by atoms with van der Waals surface area (Å²) >= 11 is 8.66. The number of halogens is 2. The van der Waals surface area contributed by atoms with Crippen molar-refractivity contribution >= 4 is 110 Å². The summed E-state index contributed by atoms with van der Waals surface area (Å²) in [5.41, 5.74) is 5.70. The predicted molar refractivity (Wildman–Crippen MR) is 257 cm³/mol. The van der Waals surface area contributed by atoms with Gasteiger partial charge in [-0.05, 0) is 83.2 Å². The van der Waals surface area contributed by atoms with E-state index in [1.54, 1.807) is 0 Å². The quantitative estimate of drug-likeness (QED) is 0.0808.